The number of nitrogens with zero attached hydrogens (tertiary/aromatic N) is 1. The molecule has 0 atom stereocenters. The van der Waals surface area contributed by atoms with Gasteiger partial charge in [0.2, 0.25) is 0 Å². The van der Waals surface area contributed by atoms with Crippen LogP contribution in [0.15, 0.2) is 23.4 Å². The smallest absolute Gasteiger partial charge is 0.337 e. The summed E-state index contributed by atoms with van der Waals surface area (Å²) in [6.07, 6.45) is 0. The molecule has 0 aliphatic heterocycles. The summed E-state index contributed by atoms with van der Waals surface area (Å²) in [6.45, 7) is 1.80. The molecule has 0 amide bonds. The number of nitrogens with two attached hydrogens (primary N) is 1. The van der Waals surface area contributed by atoms with E-state index in [0.29, 0.717) is 11.1 Å². The molecule has 0 saturated heterocycles. The van der Waals surface area contributed by atoms with Gasteiger partial charge in [-0.05, 0) is 24.6 Å². The Kier molecular flexibility index (Phi) is 3.28. The minimum atomic E-state index is -0.456. The lowest BCUT2D eigenvalue weighted by Crippen LogP contribution is -2.16. The molecule has 0 heterocycles. The van der Waals surface area contributed by atoms with E-state index in [-0.39, 0.29) is 5.84 Å². The minimum Gasteiger partial charge on any atom is -0.465 e. The normalized spacial score (nSPS) is 11.2. The SMILES string of the molecule is COC(=O)c1ccc(C)c(/C(N)=N\O)c1. The number of hydrogen-bond acceptors (Lipinski definition) is 4. The van der Waals surface area contributed by atoms with Gasteiger partial charge in [-0.15, -0.1) is 0 Å². The van der Waals surface area contributed by atoms with Gasteiger partial charge in [-0.25, -0.2) is 4.79 Å². The fraction of sp³-hybridized carbons (Fsp3) is 0.200. The number of hydrogen-bond donors (Lipinski definition) is 2. The molecule has 1 aromatic rings. The van der Waals surface area contributed by atoms with Crippen LogP contribution in [0.4, 0.5) is 0 Å². The zero-order valence-corrected chi connectivity index (χ0v) is 8.52. The van der Waals surface area contributed by atoms with Gasteiger partial charge in [0.15, 0.2) is 5.84 Å². The molecule has 0 aliphatic rings. The first-order valence-electron chi connectivity index (χ1n) is 4.27. The Morgan fingerprint density at radius 2 is 2.20 bits per heavy atom. The number of oxime groups is 1. The van der Waals surface area contributed by atoms with Crippen LogP contribution in [-0.2, 0) is 4.74 Å². The van der Waals surface area contributed by atoms with Crippen molar-refractivity contribution >= 4 is 11.8 Å². The Labute approximate surface area is 87.1 Å². The zero-order valence-electron chi connectivity index (χ0n) is 8.52. The first-order valence-corrected chi connectivity index (χ1v) is 4.27. The summed E-state index contributed by atoms with van der Waals surface area (Å²) in [4.78, 5) is 11.2. The van der Waals surface area contributed by atoms with Gasteiger partial charge < -0.3 is 15.7 Å². The maximum absolute atomic E-state index is 11.2. The van der Waals surface area contributed by atoms with Crippen LogP contribution >= 0.6 is 0 Å². The Balaban J connectivity index is 3.22. The van der Waals surface area contributed by atoms with Crippen molar-refractivity contribution in [1.29, 1.82) is 0 Å². The van der Waals surface area contributed by atoms with Gasteiger partial charge in [0.05, 0.1) is 12.7 Å². The van der Waals surface area contributed by atoms with Gasteiger partial charge in [-0.3, -0.25) is 0 Å². The fourth-order valence-corrected chi connectivity index (χ4v) is 1.20. The third-order valence-electron chi connectivity index (χ3n) is 2.04. The molecule has 1 rings (SSSR count). The van der Waals surface area contributed by atoms with Crippen LogP contribution in [0.25, 0.3) is 0 Å². The number of aryl methyl sites for hydroxylation is 1. The molecule has 0 aliphatic carbocycles. The van der Waals surface area contributed by atoms with Crippen molar-refractivity contribution in [3.05, 3.63) is 34.9 Å². The molecule has 0 bridgehead atoms. The van der Waals surface area contributed by atoms with Gasteiger partial charge in [-0.2, -0.15) is 0 Å². The molecular formula is C10H12N2O3. The average Bonchev–Trinajstić information content (AvgIpc) is 2.27. The molecule has 0 radical (unpaired) electrons. The second-order valence-corrected chi connectivity index (χ2v) is 3.01. The van der Waals surface area contributed by atoms with Crippen molar-refractivity contribution in [3.63, 3.8) is 0 Å². The predicted octanol–water partition coefficient (Wildman–Crippen LogP) is 0.876. The van der Waals surface area contributed by atoms with Crippen LogP contribution in [0.3, 0.4) is 0 Å². The van der Waals surface area contributed by atoms with Gasteiger partial charge in [0, 0.05) is 5.56 Å². The van der Waals surface area contributed by atoms with Crippen LogP contribution in [-0.4, -0.2) is 24.1 Å². The number of amidine groups is 1. The third kappa shape index (κ3) is 2.25. The number of esters is 1. The van der Waals surface area contributed by atoms with Crippen molar-refractivity contribution in [2.24, 2.45) is 10.9 Å². The Bertz CT molecular complexity index is 413. The maximum Gasteiger partial charge on any atom is 0.337 e. The second-order valence-electron chi connectivity index (χ2n) is 3.01. The fourth-order valence-electron chi connectivity index (χ4n) is 1.20. The first kappa shape index (κ1) is 11.0. The van der Waals surface area contributed by atoms with E-state index in [1.54, 1.807) is 19.1 Å². The monoisotopic (exact) mass is 208 g/mol. The van der Waals surface area contributed by atoms with E-state index in [1.807, 2.05) is 0 Å². The van der Waals surface area contributed by atoms with E-state index in [1.165, 1.54) is 13.2 Å². The molecule has 80 valence electrons. The van der Waals surface area contributed by atoms with Crippen molar-refractivity contribution in [2.45, 2.75) is 6.92 Å². The summed E-state index contributed by atoms with van der Waals surface area (Å²) in [5.41, 5.74) is 7.15. The maximum atomic E-state index is 11.2. The number of methoxy groups -OCH3 is 1. The minimum absolute atomic E-state index is 0.0294. The van der Waals surface area contributed by atoms with Crippen molar-refractivity contribution < 1.29 is 14.7 Å². The Morgan fingerprint density at radius 1 is 1.53 bits per heavy atom. The summed E-state index contributed by atoms with van der Waals surface area (Å²) in [6, 6.07) is 4.85. The quantitative estimate of drug-likeness (QED) is 0.248. The Hall–Kier alpha value is -2.04. The van der Waals surface area contributed by atoms with Crippen LogP contribution in [0.1, 0.15) is 21.5 Å². The standard InChI is InChI=1S/C10H12N2O3/c1-6-3-4-7(10(13)15-2)5-8(6)9(11)12-14/h3-5,14H,1-2H3,(H2,11,12). The number of rotatable bonds is 2. The van der Waals surface area contributed by atoms with E-state index >= 15 is 0 Å². The summed E-state index contributed by atoms with van der Waals surface area (Å²) >= 11 is 0. The number of benzene rings is 1. The van der Waals surface area contributed by atoms with Crippen molar-refractivity contribution in [1.82, 2.24) is 0 Å². The molecular weight excluding hydrogens is 196 g/mol. The molecule has 5 heteroatoms. The second kappa shape index (κ2) is 4.45. The summed E-state index contributed by atoms with van der Waals surface area (Å²) in [7, 11) is 1.30. The largest absolute Gasteiger partial charge is 0.465 e. The van der Waals surface area contributed by atoms with Crippen LogP contribution in [0.2, 0.25) is 0 Å². The van der Waals surface area contributed by atoms with Crippen LogP contribution in [0.5, 0.6) is 0 Å². The number of ether oxygens (including phenoxy) is 1. The van der Waals surface area contributed by atoms with Gasteiger partial charge in [0.25, 0.3) is 0 Å². The summed E-state index contributed by atoms with van der Waals surface area (Å²) in [5.74, 6) is -0.486. The highest BCUT2D eigenvalue weighted by atomic mass is 16.5. The molecule has 5 nitrogen and oxygen atoms in total. The lowest BCUT2D eigenvalue weighted by Gasteiger charge is -2.05. The highest BCUT2D eigenvalue weighted by Gasteiger charge is 2.10. The molecule has 0 unspecified atom stereocenters. The number of carbonyl (C=O) groups is 1. The molecule has 0 aromatic heterocycles. The number of carbonyl (C=O) groups excluding carboxylic acids is 1. The highest BCUT2D eigenvalue weighted by molar-refractivity contribution is 6.01. The lowest BCUT2D eigenvalue weighted by molar-refractivity contribution is 0.0600. The van der Waals surface area contributed by atoms with Gasteiger partial charge in [-0.1, -0.05) is 11.2 Å². The average molecular weight is 208 g/mol. The topological polar surface area (TPSA) is 84.9 Å². The highest BCUT2D eigenvalue weighted by Crippen LogP contribution is 2.11. The molecule has 0 saturated carbocycles. The van der Waals surface area contributed by atoms with Crippen LogP contribution < -0.4 is 5.73 Å². The van der Waals surface area contributed by atoms with E-state index in [4.69, 9.17) is 10.9 Å². The lowest BCUT2D eigenvalue weighted by atomic mass is 10.0. The predicted molar refractivity (Wildman–Crippen MR) is 55.0 cm³/mol. The van der Waals surface area contributed by atoms with Crippen molar-refractivity contribution in [2.75, 3.05) is 7.11 Å². The third-order valence-corrected chi connectivity index (χ3v) is 2.04. The molecule has 15 heavy (non-hydrogen) atoms. The summed E-state index contributed by atoms with van der Waals surface area (Å²) < 4.78 is 4.56. The molecule has 3 N–H and O–H groups in total. The summed E-state index contributed by atoms with van der Waals surface area (Å²) in [5, 5.41) is 11.4. The van der Waals surface area contributed by atoms with E-state index in [9.17, 15) is 4.79 Å². The zero-order chi connectivity index (χ0) is 11.4. The van der Waals surface area contributed by atoms with E-state index in [0.717, 1.165) is 5.56 Å². The molecule has 0 fully saturated rings. The van der Waals surface area contributed by atoms with Crippen LogP contribution in [0, 0.1) is 6.92 Å². The van der Waals surface area contributed by atoms with Gasteiger partial charge >= 0.3 is 5.97 Å². The molecule has 1 aromatic carbocycles. The van der Waals surface area contributed by atoms with Crippen molar-refractivity contribution in [3.8, 4) is 0 Å². The Morgan fingerprint density at radius 3 is 2.73 bits per heavy atom. The molecule has 0 spiro atoms. The van der Waals surface area contributed by atoms with E-state index in [2.05, 4.69) is 9.89 Å². The van der Waals surface area contributed by atoms with E-state index < -0.39 is 5.97 Å². The van der Waals surface area contributed by atoms with Gasteiger partial charge in [0.1, 0.15) is 0 Å². The first-order chi connectivity index (χ1) is 7.10.